The molecule has 0 fully saturated rings. The summed E-state index contributed by atoms with van der Waals surface area (Å²) in [6.07, 6.45) is 1.05. The van der Waals surface area contributed by atoms with Gasteiger partial charge < -0.3 is 14.4 Å². The first kappa shape index (κ1) is 31.4. The Labute approximate surface area is 280 Å². The monoisotopic (exact) mass is 669 g/mol. The Morgan fingerprint density at radius 1 is 1.06 bits per heavy atom. The molecule has 8 bridgehead atoms. The maximum atomic E-state index is 15.9. The van der Waals surface area contributed by atoms with E-state index in [4.69, 9.17) is 9.84 Å². The zero-order valence-corrected chi connectivity index (χ0v) is 28.4. The number of aromatic carboxylic acids is 1. The first-order chi connectivity index (χ1) is 22.7. The van der Waals surface area contributed by atoms with Gasteiger partial charge >= 0.3 is 5.97 Å². The minimum absolute atomic E-state index is 0.159. The number of ether oxygens (including phenoxy) is 1. The van der Waals surface area contributed by atoms with Crippen molar-refractivity contribution in [1.82, 2.24) is 24.5 Å². The van der Waals surface area contributed by atoms with Gasteiger partial charge in [0.15, 0.2) is 0 Å². The van der Waals surface area contributed by atoms with Crippen LogP contribution in [0, 0.1) is 12.7 Å². The number of thioether (sulfide) groups is 2. The summed E-state index contributed by atoms with van der Waals surface area (Å²) in [6, 6.07) is 18.0. The lowest BCUT2D eigenvalue weighted by atomic mass is 9.98. The SMILES string of the molecule is Cc1[nH]nc2c1-c1c(F)ccc3c(c(C(=O)O)n(C)c13)CCCOc1cc(cc3ccccc13)SCc1cc(nn1C(C)C)CSC2. The number of aryl methyl sites for hydroxylation is 3. The molecule has 0 unspecified atom stereocenters. The Bertz CT molecular complexity index is 2150. The second kappa shape index (κ2) is 12.8. The molecule has 6 aromatic rings. The van der Waals surface area contributed by atoms with Crippen LogP contribution >= 0.6 is 23.5 Å². The average molecular weight is 670 g/mol. The summed E-state index contributed by atoms with van der Waals surface area (Å²) in [6.45, 7) is 6.56. The van der Waals surface area contributed by atoms with Crippen LogP contribution < -0.4 is 4.74 Å². The summed E-state index contributed by atoms with van der Waals surface area (Å²) in [5, 5.41) is 25.8. The van der Waals surface area contributed by atoms with E-state index in [0.717, 1.165) is 55.3 Å². The van der Waals surface area contributed by atoms with Gasteiger partial charge in [-0.2, -0.15) is 10.2 Å². The molecule has 0 aliphatic carbocycles. The zero-order valence-electron chi connectivity index (χ0n) is 26.8. The van der Waals surface area contributed by atoms with Crippen LogP contribution in [0.3, 0.4) is 0 Å². The molecule has 47 heavy (non-hydrogen) atoms. The van der Waals surface area contributed by atoms with Crippen LogP contribution in [0.5, 0.6) is 5.75 Å². The van der Waals surface area contributed by atoms with Crippen molar-refractivity contribution in [2.24, 2.45) is 7.05 Å². The molecule has 8 nitrogen and oxygen atoms in total. The molecule has 1 aliphatic rings. The Kier molecular flexibility index (Phi) is 8.52. The molecule has 0 radical (unpaired) electrons. The van der Waals surface area contributed by atoms with E-state index in [2.05, 4.69) is 59.1 Å². The highest BCUT2D eigenvalue weighted by atomic mass is 32.2. The van der Waals surface area contributed by atoms with Crippen molar-refractivity contribution >= 4 is 51.2 Å². The summed E-state index contributed by atoms with van der Waals surface area (Å²) in [7, 11) is 1.70. The van der Waals surface area contributed by atoms with Crippen LogP contribution in [-0.4, -0.2) is 42.2 Å². The van der Waals surface area contributed by atoms with Gasteiger partial charge in [-0.3, -0.25) is 9.78 Å². The largest absolute Gasteiger partial charge is 0.493 e. The van der Waals surface area contributed by atoms with Gasteiger partial charge in [-0.15, -0.1) is 23.5 Å². The predicted molar refractivity (Wildman–Crippen MR) is 187 cm³/mol. The van der Waals surface area contributed by atoms with Gasteiger partial charge in [-0.1, -0.05) is 24.3 Å². The van der Waals surface area contributed by atoms with Gasteiger partial charge in [0.1, 0.15) is 17.3 Å². The highest BCUT2D eigenvalue weighted by Gasteiger charge is 2.27. The van der Waals surface area contributed by atoms with Crippen LogP contribution in [0.15, 0.2) is 59.5 Å². The number of benzene rings is 3. The third-order valence-electron chi connectivity index (χ3n) is 8.74. The second-order valence-electron chi connectivity index (χ2n) is 12.2. The van der Waals surface area contributed by atoms with E-state index in [1.165, 1.54) is 6.07 Å². The molecule has 1 aliphatic heterocycles. The minimum atomic E-state index is -1.05. The molecule has 7 rings (SSSR count). The summed E-state index contributed by atoms with van der Waals surface area (Å²) < 4.78 is 26.0. The number of halogens is 1. The quantitative estimate of drug-likeness (QED) is 0.190. The Hall–Kier alpha value is -4.22. The van der Waals surface area contributed by atoms with Gasteiger partial charge in [0.25, 0.3) is 0 Å². The Morgan fingerprint density at radius 2 is 1.89 bits per heavy atom. The number of carboxylic acids is 1. The van der Waals surface area contributed by atoms with Crippen molar-refractivity contribution in [1.29, 1.82) is 0 Å². The molecule has 11 heteroatoms. The van der Waals surface area contributed by atoms with Gasteiger partial charge in [-0.25, -0.2) is 9.18 Å². The van der Waals surface area contributed by atoms with E-state index >= 15 is 4.39 Å². The maximum absolute atomic E-state index is 15.9. The highest BCUT2D eigenvalue weighted by Crippen LogP contribution is 2.40. The molecule has 242 valence electrons. The molecule has 0 amide bonds. The van der Waals surface area contributed by atoms with Crippen molar-refractivity contribution in [2.75, 3.05) is 6.61 Å². The number of nitrogens with zero attached hydrogens (tertiary/aromatic N) is 4. The van der Waals surface area contributed by atoms with E-state index in [1.54, 1.807) is 41.2 Å². The number of nitrogens with one attached hydrogen (secondary N) is 1. The number of H-pyrrole nitrogens is 1. The Balaban J connectivity index is 1.35. The Morgan fingerprint density at radius 3 is 2.70 bits per heavy atom. The number of hydrogen-bond donors (Lipinski definition) is 2. The van der Waals surface area contributed by atoms with E-state index in [0.29, 0.717) is 53.2 Å². The maximum Gasteiger partial charge on any atom is 0.352 e. The number of carboxylic acid groups (broad SMARTS) is 1. The smallest absolute Gasteiger partial charge is 0.352 e. The average Bonchev–Trinajstić information content (AvgIpc) is 3.71. The second-order valence-corrected chi connectivity index (χ2v) is 14.3. The summed E-state index contributed by atoms with van der Waals surface area (Å²) in [5.41, 5.74) is 6.02. The third-order valence-corrected chi connectivity index (χ3v) is 10.7. The molecular formula is C36H36FN5O3S2. The lowest BCUT2D eigenvalue weighted by Crippen LogP contribution is -2.09. The number of aromatic nitrogens is 5. The topological polar surface area (TPSA) is 98.0 Å². The number of hydrogen-bond acceptors (Lipinski definition) is 6. The molecule has 0 saturated carbocycles. The molecule has 3 aromatic heterocycles. The first-order valence-corrected chi connectivity index (χ1v) is 17.9. The third kappa shape index (κ3) is 5.80. The van der Waals surface area contributed by atoms with Gasteiger partial charge in [0.2, 0.25) is 0 Å². The van der Waals surface area contributed by atoms with Crippen LogP contribution in [0.4, 0.5) is 4.39 Å². The standard InChI is InChI=1S/C36H36FN5O3S2/c1-20(2)42-24-15-23(40-42)17-46-19-30-32(21(3)38-39-30)33-29(37)12-11-28-27(35(36(43)44)41(4)34(28)33)10-7-13-45-31-16-25(47-18-24)14-22-8-5-6-9-26(22)31/h5-6,8-9,11-12,14-16,20H,7,10,13,17-19H2,1-4H3,(H,38,39)(H,43,44). The van der Waals surface area contributed by atoms with E-state index in [-0.39, 0.29) is 11.7 Å². The molecule has 0 saturated heterocycles. The molecule has 3 aromatic carbocycles. The van der Waals surface area contributed by atoms with Crippen LogP contribution in [0.1, 0.15) is 65.1 Å². The van der Waals surface area contributed by atoms with Crippen LogP contribution in [0.2, 0.25) is 0 Å². The van der Waals surface area contributed by atoms with Crippen molar-refractivity contribution in [3.05, 3.63) is 94.4 Å². The number of fused-ring (bicyclic) bond motifs is 8. The van der Waals surface area contributed by atoms with Gasteiger partial charge in [0.05, 0.1) is 23.5 Å². The molecule has 4 heterocycles. The van der Waals surface area contributed by atoms with Crippen LogP contribution in [0.25, 0.3) is 32.8 Å². The number of rotatable bonds is 2. The van der Waals surface area contributed by atoms with Crippen molar-refractivity contribution < 1.29 is 19.0 Å². The van der Waals surface area contributed by atoms with Gasteiger partial charge in [0, 0.05) is 68.5 Å². The molecule has 0 spiro atoms. The van der Waals surface area contributed by atoms with Crippen molar-refractivity contribution in [2.45, 2.75) is 61.8 Å². The normalized spacial score (nSPS) is 14.3. The summed E-state index contributed by atoms with van der Waals surface area (Å²) in [4.78, 5) is 13.8. The fourth-order valence-electron chi connectivity index (χ4n) is 6.69. The summed E-state index contributed by atoms with van der Waals surface area (Å²) >= 11 is 3.43. The first-order valence-electron chi connectivity index (χ1n) is 15.7. The lowest BCUT2D eigenvalue weighted by molar-refractivity contribution is 0.0685. The number of aromatic amines is 1. The van der Waals surface area contributed by atoms with E-state index in [1.807, 2.05) is 19.1 Å². The van der Waals surface area contributed by atoms with Gasteiger partial charge in [-0.05, 0) is 74.9 Å². The van der Waals surface area contributed by atoms with Crippen LogP contribution in [-0.2, 0) is 30.7 Å². The van der Waals surface area contributed by atoms with Crippen molar-refractivity contribution in [3.63, 3.8) is 0 Å². The van der Waals surface area contributed by atoms with E-state index in [9.17, 15) is 9.90 Å². The van der Waals surface area contributed by atoms with Crippen molar-refractivity contribution in [3.8, 4) is 16.9 Å². The summed E-state index contributed by atoms with van der Waals surface area (Å²) in [5.74, 6) is 1.30. The fraction of sp³-hybridized carbons (Fsp3) is 0.306. The lowest BCUT2D eigenvalue weighted by Gasteiger charge is -2.13. The highest BCUT2D eigenvalue weighted by molar-refractivity contribution is 7.98. The van der Waals surface area contributed by atoms with E-state index < -0.39 is 11.8 Å². The fourth-order valence-corrected chi connectivity index (χ4v) is 8.47. The zero-order chi connectivity index (χ0) is 32.8. The molecule has 2 N–H and O–H groups in total. The predicted octanol–water partition coefficient (Wildman–Crippen LogP) is 8.70. The minimum Gasteiger partial charge on any atom is -0.493 e. The number of carbonyl (C=O) groups is 1. The molecular weight excluding hydrogens is 634 g/mol. The molecule has 0 atom stereocenters.